The molecule has 1 aromatic heterocycles. The number of aryl methyl sites for hydroxylation is 1. The van der Waals surface area contributed by atoms with Gasteiger partial charge in [-0.25, -0.2) is 10.8 Å². The normalized spacial score (nSPS) is 11.4. The molecule has 5 heteroatoms. The van der Waals surface area contributed by atoms with E-state index < -0.39 is 0 Å². The van der Waals surface area contributed by atoms with Crippen LogP contribution in [0.4, 0.5) is 0 Å². The van der Waals surface area contributed by atoms with Gasteiger partial charge in [0, 0.05) is 6.20 Å². The van der Waals surface area contributed by atoms with E-state index in [2.05, 4.69) is 22.3 Å². The zero-order valence-electron chi connectivity index (χ0n) is 8.20. The number of nitrogens with zero attached hydrogens (tertiary/aromatic N) is 2. The summed E-state index contributed by atoms with van der Waals surface area (Å²) in [5, 5.41) is 0. The molecule has 0 aromatic carbocycles. The SMILES string of the molecule is CCc1cccnc1CN=C(N)NN. The van der Waals surface area contributed by atoms with E-state index in [1.807, 2.05) is 12.1 Å². The number of hydrogen-bond acceptors (Lipinski definition) is 3. The Kier molecular flexibility index (Phi) is 3.87. The van der Waals surface area contributed by atoms with Gasteiger partial charge >= 0.3 is 0 Å². The maximum atomic E-state index is 5.40. The Labute approximate surface area is 83.2 Å². The number of aliphatic imine (C=N–C) groups is 1. The van der Waals surface area contributed by atoms with E-state index in [0.29, 0.717) is 6.54 Å². The van der Waals surface area contributed by atoms with Gasteiger partial charge in [0.25, 0.3) is 0 Å². The Bertz CT molecular complexity index is 321. The molecule has 0 radical (unpaired) electrons. The van der Waals surface area contributed by atoms with Crippen molar-refractivity contribution in [2.75, 3.05) is 0 Å². The second-order valence-electron chi connectivity index (χ2n) is 2.81. The summed E-state index contributed by atoms with van der Waals surface area (Å²) in [6.07, 6.45) is 2.69. The highest BCUT2D eigenvalue weighted by atomic mass is 15.3. The Morgan fingerprint density at radius 1 is 1.64 bits per heavy atom. The molecule has 0 bridgehead atoms. The molecule has 5 N–H and O–H groups in total. The number of aromatic nitrogens is 1. The number of rotatable bonds is 3. The minimum Gasteiger partial charge on any atom is -0.369 e. The molecule has 0 spiro atoms. The number of hydrazine groups is 1. The average Bonchev–Trinajstić information content (AvgIpc) is 2.26. The second kappa shape index (κ2) is 5.18. The molecule has 1 aromatic rings. The van der Waals surface area contributed by atoms with Crippen molar-refractivity contribution in [3.8, 4) is 0 Å². The third-order valence-electron chi connectivity index (χ3n) is 1.91. The topological polar surface area (TPSA) is 89.3 Å². The molecule has 0 aliphatic rings. The molecule has 0 saturated heterocycles. The molecular weight excluding hydrogens is 178 g/mol. The van der Waals surface area contributed by atoms with Gasteiger partial charge in [-0.3, -0.25) is 10.4 Å². The van der Waals surface area contributed by atoms with Gasteiger partial charge in [0.05, 0.1) is 12.2 Å². The molecule has 0 fully saturated rings. The Morgan fingerprint density at radius 3 is 3.07 bits per heavy atom. The average molecular weight is 193 g/mol. The number of guanidine groups is 1. The van der Waals surface area contributed by atoms with E-state index in [1.54, 1.807) is 6.20 Å². The van der Waals surface area contributed by atoms with Crippen LogP contribution in [0.25, 0.3) is 0 Å². The highest BCUT2D eigenvalue weighted by Crippen LogP contribution is 2.06. The van der Waals surface area contributed by atoms with Crippen molar-refractivity contribution in [2.24, 2.45) is 16.6 Å². The lowest BCUT2D eigenvalue weighted by molar-refractivity contribution is 0.906. The Hall–Kier alpha value is -1.62. The molecular formula is C9H15N5. The molecule has 0 unspecified atom stereocenters. The van der Waals surface area contributed by atoms with Crippen LogP contribution in [0.15, 0.2) is 23.3 Å². The number of hydrogen-bond donors (Lipinski definition) is 3. The molecule has 5 nitrogen and oxygen atoms in total. The predicted molar refractivity (Wildman–Crippen MR) is 56.3 cm³/mol. The molecule has 76 valence electrons. The van der Waals surface area contributed by atoms with E-state index in [1.165, 1.54) is 5.56 Å². The van der Waals surface area contributed by atoms with Crippen LogP contribution in [-0.2, 0) is 13.0 Å². The van der Waals surface area contributed by atoms with Crippen LogP contribution in [0.3, 0.4) is 0 Å². The number of nitrogens with one attached hydrogen (secondary N) is 1. The van der Waals surface area contributed by atoms with Crippen LogP contribution in [0, 0.1) is 0 Å². The van der Waals surface area contributed by atoms with Crippen LogP contribution >= 0.6 is 0 Å². The lowest BCUT2D eigenvalue weighted by atomic mass is 10.1. The maximum absolute atomic E-state index is 5.40. The first-order valence-corrected chi connectivity index (χ1v) is 4.47. The summed E-state index contributed by atoms with van der Waals surface area (Å²) in [6.45, 7) is 2.54. The van der Waals surface area contributed by atoms with Gasteiger partial charge < -0.3 is 5.73 Å². The molecule has 0 atom stereocenters. The Morgan fingerprint density at radius 2 is 2.43 bits per heavy atom. The van der Waals surface area contributed by atoms with Crippen molar-refractivity contribution in [3.05, 3.63) is 29.6 Å². The van der Waals surface area contributed by atoms with Crippen molar-refractivity contribution in [1.82, 2.24) is 10.4 Å². The predicted octanol–water partition coefficient (Wildman–Crippen LogP) is -0.0780. The third kappa shape index (κ3) is 2.70. The van der Waals surface area contributed by atoms with Gasteiger partial charge in [-0.2, -0.15) is 0 Å². The van der Waals surface area contributed by atoms with Crippen LogP contribution in [-0.4, -0.2) is 10.9 Å². The van der Waals surface area contributed by atoms with Gasteiger partial charge in [-0.1, -0.05) is 13.0 Å². The van der Waals surface area contributed by atoms with Gasteiger partial charge in [0.1, 0.15) is 0 Å². The highest BCUT2D eigenvalue weighted by Gasteiger charge is 1.99. The molecule has 0 aliphatic carbocycles. The first-order chi connectivity index (χ1) is 6.77. The fourth-order valence-corrected chi connectivity index (χ4v) is 1.14. The summed E-state index contributed by atoms with van der Waals surface area (Å²) in [4.78, 5) is 8.24. The third-order valence-corrected chi connectivity index (χ3v) is 1.91. The number of nitrogens with two attached hydrogens (primary N) is 2. The molecule has 14 heavy (non-hydrogen) atoms. The van der Waals surface area contributed by atoms with E-state index in [4.69, 9.17) is 11.6 Å². The molecule has 0 saturated carbocycles. The van der Waals surface area contributed by atoms with Gasteiger partial charge in [0.15, 0.2) is 0 Å². The van der Waals surface area contributed by atoms with Crippen LogP contribution in [0.5, 0.6) is 0 Å². The summed E-state index contributed by atoms with van der Waals surface area (Å²) >= 11 is 0. The quantitative estimate of drug-likeness (QED) is 0.271. The largest absolute Gasteiger partial charge is 0.369 e. The second-order valence-corrected chi connectivity index (χ2v) is 2.81. The van der Waals surface area contributed by atoms with Gasteiger partial charge in [0.2, 0.25) is 5.96 Å². The fraction of sp³-hybridized carbons (Fsp3) is 0.333. The van der Waals surface area contributed by atoms with E-state index in [0.717, 1.165) is 12.1 Å². The molecule has 1 heterocycles. The van der Waals surface area contributed by atoms with Crippen LogP contribution in [0.2, 0.25) is 0 Å². The standard InChI is InChI=1S/C9H15N5/c1-2-7-4-3-5-12-8(7)6-13-9(10)14-11/h3-5H,2,6,11H2,1H3,(H3,10,13,14). The Balaban J connectivity index is 2.76. The molecule has 0 amide bonds. The van der Waals surface area contributed by atoms with Crippen molar-refractivity contribution < 1.29 is 0 Å². The highest BCUT2D eigenvalue weighted by molar-refractivity contribution is 5.77. The minimum absolute atomic E-state index is 0.220. The summed E-state index contributed by atoms with van der Waals surface area (Å²) in [6, 6.07) is 3.94. The zero-order valence-corrected chi connectivity index (χ0v) is 8.20. The van der Waals surface area contributed by atoms with Crippen molar-refractivity contribution in [2.45, 2.75) is 19.9 Å². The first kappa shape index (κ1) is 10.5. The van der Waals surface area contributed by atoms with Crippen molar-refractivity contribution >= 4 is 5.96 Å². The van der Waals surface area contributed by atoms with Crippen molar-refractivity contribution in [3.63, 3.8) is 0 Å². The zero-order chi connectivity index (χ0) is 10.4. The summed E-state index contributed by atoms with van der Waals surface area (Å²) in [7, 11) is 0. The minimum atomic E-state index is 0.220. The molecule has 1 rings (SSSR count). The lowest BCUT2D eigenvalue weighted by Gasteiger charge is -2.03. The van der Waals surface area contributed by atoms with Crippen molar-refractivity contribution in [1.29, 1.82) is 0 Å². The lowest BCUT2D eigenvalue weighted by Crippen LogP contribution is -2.37. The van der Waals surface area contributed by atoms with E-state index >= 15 is 0 Å². The van der Waals surface area contributed by atoms with Gasteiger partial charge in [-0.05, 0) is 18.1 Å². The van der Waals surface area contributed by atoms with Gasteiger partial charge in [-0.15, -0.1) is 0 Å². The maximum Gasteiger partial charge on any atom is 0.203 e. The summed E-state index contributed by atoms with van der Waals surface area (Å²) < 4.78 is 0. The van der Waals surface area contributed by atoms with Crippen LogP contribution < -0.4 is 17.0 Å². The summed E-state index contributed by atoms with van der Waals surface area (Å²) in [5.74, 6) is 5.30. The fourth-order valence-electron chi connectivity index (χ4n) is 1.14. The van der Waals surface area contributed by atoms with E-state index in [-0.39, 0.29) is 5.96 Å². The molecule has 0 aliphatic heterocycles. The van der Waals surface area contributed by atoms with E-state index in [9.17, 15) is 0 Å². The van der Waals surface area contributed by atoms with Crippen LogP contribution in [0.1, 0.15) is 18.2 Å². The summed E-state index contributed by atoms with van der Waals surface area (Å²) in [5.41, 5.74) is 9.79. The number of pyridine rings is 1. The monoisotopic (exact) mass is 193 g/mol. The first-order valence-electron chi connectivity index (χ1n) is 4.47. The smallest absolute Gasteiger partial charge is 0.203 e.